The average Bonchev–Trinajstić information content (AvgIpc) is 2.92. The Hall–Kier alpha value is -0.640. The largest absolute Gasteiger partial charge is 0.316 e. The third-order valence-corrected chi connectivity index (χ3v) is 3.98. The van der Waals surface area contributed by atoms with Crippen molar-refractivity contribution in [2.45, 2.75) is 19.4 Å². The maximum Gasteiger partial charge on any atom is 0.0312 e. The van der Waals surface area contributed by atoms with Crippen molar-refractivity contribution in [2.75, 3.05) is 26.2 Å². The Morgan fingerprint density at radius 3 is 3.06 bits per heavy atom. The highest BCUT2D eigenvalue weighted by Gasteiger charge is 2.39. The molecule has 1 atom stereocenters. The van der Waals surface area contributed by atoms with Crippen molar-refractivity contribution in [1.82, 2.24) is 15.2 Å². The van der Waals surface area contributed by atoms with Gasteiger partial charge in [0.25, 0.3) is 0 Å². The van der Waals surface area contributed by atoms with Gasteiger partial charge in [0.2, 0.25) is 0 Å². The SMILES string of the molecule is Cl.c1cncc(CN2CCC3(CCNC3)C2)c1. The van der Waals surface area contributed by atoms with Crippen molar-refractivity contribution >= 4 is 12.4 Å². The van der Waals surface area contributed by atoms with Crippen LogP contribution >= 0.6 is 12.4 Å². The summed E-state index contributed by atoms with van der Waals surface area (Å²) in [7, 11) is 0. The van der Waals surface area contributed by atoms with Crippen molar-refractivity contribution in [1.29, 1.82) is 0 Å². The fourth-order valence-corrected chi connectivity index (χ4v) is 3.06. The van der Waals surface area contributed by atoms with Crippen LogP contribution in [-0.2, 0) is 6.54 Å². The first-order valence-electron chi connectivity index (χ1n) is 6.18. The van der Waals surface area contributed by atoms with E-state index in [4.69, 9.17) is 0 Å². The van der Waals surface area contributed by atoms with Crippen LogP contribution in [0.15, 0.2) is 24.5 Å². The number of rotatable bonds is 2. The quantitative estimate of drug-likeness (QED) is 0.870. The van der Waals surface area contributed by atoms with E-state index in [0.29, 0.717) is 5.41 Å². The molecule has 0 aromatic carbocycles. The van der Waals surface area contributed by atoms with Crippen LogP contribution in [0, 0.1) is 5.41 Å². The molecule has 2 aliphatic rings. The zero-order valence-electron chi connectivity index (χ0n) is 10.1. The lowest BCUT2D eigenvalue weighted by Gasteiger charge is -2.22. The highest BCUT2D eigenvalue weighted by atomic mass is 35.5. The molecule has 17 heavy (non-hydrogen) atoms. The Morgan fingerprint density at radius 2 is 2.35 bits per heavy atom. The van der Waals surface area contributed by atoms with E-state index in [1.54, 1.807) is 0 Å². The number of hydrogen-bond donors (Lipinski definition) is 1. The molecule has 2 fully saturated rings. The number of halogens is 1. The lowest BCUT2D eigenvalue weighted by molar-refractivity contribution is 0.268. The van der Waals surface area contributed by atoms with Crippen LogP contribution in [-0.4, -0.2) is 36.1 Å². The minimum absolute atomic E-state index is 0. The van der Waals surface area contributed by atoms with Gasteiger partial charge in [0, 0.05) is 32.0 Å². The Labute approximate surface area is 109 Å². The smallest absolute Gasteiger partial charge is 0.0312 e. The topological polar surface area (TPSA) is 28.2 Å². The van der Waals surface area contributed by atoms with E-state index in [9.17, 15) is 0 Å². The highest BCUT2D eigenvalue weighted by Crippen LogP contribution is 2.36. The van der Waals surface area contributed by atoms with Crippen molar-refractivity contribution in [3.8, 4) is 0 Å². The summed E-state index contributed by atoms with van der Waals surface area (Å²) in [6.45, 7) is 6.00. The Morgan fingerprint density at radius 1 is 1.41 bits per heavy atom. The summed E-state index contributed by atoms with van der Waals surface area (Å²) in [5.41, 5.74) is 1.92. The van der Waals surface area contributed by atoms with Crippen LogP contribution in [0.3, 0.4) is 0 Å². The van der Waals surface area contributed by atoms with Crippen LogP contribution in [0.2, 0.25) is 0 Å². The zero-order chi connectivity index (χ0) is 10.8. The molecule has 1 N–H and O–H groups in total. The zero-order valence-corrected chi connectivity index (χ0v) is 10.9. The summed E-state index contributed by atoms with van der Waals surface area (Å²) in [5.74, 6) is 0. The van der Waals surface area contributed by atoms with Gasteiger partial charge in [-0.25, -0.2) is 0 Å². The molecular weight excluding hydrogens is 234 g/mol. The van der Waals surface area contributed by atoms with E-state index < -0.39 is 0 Å². The van der Waals surface area contributed by atoms with Gasteiger partial charge >= 0.3 is 0 Å². The maximum absolute atomic E-state index is 4.18. The molecule has 0 radical (unpaired) electrons. The summed E-state index contributed by atoms with van der Waals surface area (Å²) in [6.07, 6.45) is 6.55. The molecule has 3 nitrogen and oxygen atoms in total. The normalized spacial score (nSPS) is 28.5. The molecule has 0 amide bonds. The predicted molar refractivity (Wildman–Crippen MR) is 71.3 cm³/mol. The molecule has 2 saturated heterocycles. The van der Waals surface area contributed by atoms with Gasteiger partial charge in [-0.05, 0) is 43.0 Å². The second kappa shape index (κ2) is 5.34. The summed E-state index contributed by atoms with van der Waals surface area (Å²) < 4.78 is 0. The first kappa shape index (κ1) is 12.8. The molecule has 4 heteroatoms. The molecule has 0 saturated carbocycles. The average molecular weight is 254 g/mol. The van der Waals surface area contributed by atoms with Gasteiger partial charge in [-0.15, -0.1) is 12.4 Å². The Balaban J connectivity index is 0.00000108. The highest BCUT2D eigenvalue weighted by molar-refractivity contribution is 5.85. The Kier molecular flexibility index (Phi) is 4.02. The van der Waals surface area contributed by atoms with Gasteiger partial charge < -0.3 is 5.32 Å². The molecule has 1 aromatic heterocycles. The predicted octanol–water partition coefficient (Wildman–Crippen LogP) is 1.69. The first-order valence-corrected chi connectivity index (χ1v) is 6.18. The van der Waals surface area contributed by atoms with E-state index in [1.807, 2.05) is 18.5 Å². The second-order valence-corrected chi connectivity index (χ2v) is 5.25. The molecule has 0 bridgehead atoms. The second-order valence-electron chi connectivity index (χ2n) is 5.25. The standard InChI is InChI=1S/C13H19N3.ClH/c1-2-12(8-14-5-1)9-16-7-4-13(11-16)3-6-15-10-13;/h1-2,5,8,15H,3-4,6-7,9-11H2;1H. The summed E-state index contributed by atoms with van der Waals surface area (Å²) in [4.78, 5) is 6.75. The molecular formula is C13H20ClN3. The number of aromatic nitrogens is 1. The van der Waals surface area contributed by atoms with Crippen LogP contribution in [0.4, 0.5) is 0 Å². The van der Waals surface area contributed by atoms with Crippen LogP contribution in [0.25, 0.3) is 0 Å². The first-order chi connectivity index (χ1) is 7.86. The summed E-state index contributed by atoms with van der Waals surface area (Å²) >= 11 is 0. The number of nitrogens with zero attached hydrogens (tertiary/aromatic N) is 2. The molecule has 94 valence electrons. The van der Waals surface area contributed by atoms with E-state index in [0.717, 1.165) is 6.54 Å². The van der Waals surface area contributed by atoms with E-state index in [-0.39, 0.29) is 12.4 Å². The fraction of sp³-hybridized carbons (Fsp3) is 0.615. The molecule has 2 aliphatic heterocycles. The molecule has 3 rings (SSSR count). The van der Waals surface area contributed by atoms with Gasteiger partial charge in [-0.3, -0.25) is 9.88 Å². The lowest BCUT2D eigenvalue weighted by atomic mass is 9.87. The lowest BCUT2D eigenvalue weighted by Crippen LogP contribution is -2.28. The van der Waals surface area contributed by atoms with Crippen molar-refractivity contribution in [3.63, 3.8) is 0 Å². The monoisotopic (exact) mass is 253 g/mol. The van der Waals surface area contributed by atoms with Gasteiger partial charge in [0.1, 0.15) is 0 Å². The molecule has 3 heterocycles. The third kappa shape index (κ3) is 2.79. The van der Waals surface area contributed by atoms with Gasteiger partial charge in [-0.1, -0.05) is 6.07 Å². The number of pyridine rings is 1. The van der Waals surface area contributed by atoms with Crippen LogP contribution in [0.1, 0.15) is 18.4 Å². The summed E-state index contributed by atoms with van der Waals surface area (Å²) in [6, 6.07) is 4.20. The Bertz CT molecular complexity index is 349. The minimum Gasteiger partial charge on any atom is -0.316 e. The van der Waals surface area contributed by atoms with Gasteiger partial charge in [0.15, 0.2) is 0 Å². The van der Waals surface area contributed by atoms with Crippen molar-refractivity contribution in [3.05, 3.63) is 30.1 Å². The molecule has 0 aliphatic carbocycles. The van der Waals surface area contributed by atoms with Crippen molar-refractivity contribution < 1.29 is 0 Å². The third-order valence-electron chi connectivity index (χ3n) is 3.98. The van der Waals surface area contributed by atoms with Crippen LogP contribution < -0.4 is 5.32 Å². The molecule has 1 spiro atoms. The van der Waals surface area contributed by atoms with Gasteiger partial charge in [-0.2, -0.15) is 0 Å². The summed E-state index contributed by atoms with van der Waals surface area (Å²) in [5, 5.41) is 3.50. The van der Waals surface area contributed by atoms with E-state index >= 15 is 0 Å². The molecule has 1 unspecified atom stereocenters. The van der Waals surface area contributed by atoms with Gasteiger partial charge in [0.05, 0.1) is 0 Å². The van der Waals surface area contributed by atoms with E-state index in [2.05, 4.69) is 21.3 Å². The van der Waals surface area contributed by atoms with E-state index in [1.165, 1.54) is 44.6 Å². The number of hydrogen-bond acceptors (Lipinski definition) is 3. The number of nitrogens with one attached hydrogen (secondary N) is 1. The van der Waals surface area contributed by atoms with Crippen LogP contribution in [0.5, 0.6) is 0 Å². The minimum atomic E-state index is 0. The number of likely N-dealkylation sites (tertiary alicyclic amines) is 1. The molecule has 1 aromatic rings. The van der Waals surface area contributed by atoms with Crippen molar-refractivity contribution in [2.24, 2.45) is 5.41 Å². The maximum atomic E-state index is 4.18. The fourth-order valence-electron chi connectivity index (χ4n) is 3.06.